The molecule has 0 radical (unpaired) electrons. The van der Waals surface area contributed by atoms with E-state index in [1.807, 2.05) is 6.07 Å². The summed E-state index contributed by atoms with van der Waals surface area (Å²) in [7, 11) is 1.79. The van der Waals surface area contributed by atoms with E-state index in [-0.39, 0.29) is 5.91 Å². The lowest BCUT2D eigenvalue weighted by Crippen LogP contribution is -2.30. The summed E-state index contributed by atoms with van der Waals surface area (Å²) in [6.07, 6.45) is 5.85. The van der Waals surface area contributed by atoms with Crippen LogP contribution in [0.4, 0.5) is 5.82 Å². The van der Waals surface area contributed by atoms with Gasteiger partial charge in [0.2, 0.25) is 0 Å². The highest BCUT2D eigenvalue weighted by Crippen LogP contribution is 2.65. The third kappa shape index (κ3) is 1.79. The summed E-state index contributed by atoms with van der Waals surface area (Å²) >= 11 is 3.38. The molecule has 106 valence electrons. The lowest BCUT2D eigenvalue weighted by molar-refractivity contribution is 0.0944. The SMILES string of the molecule is CNc1ncc(Br)cc1C(=O)NC1C2C3CCC(C3)C12. The number of pyridine rings is 1. The number of hydrogen-bond acceptors (Lipinski definition) is 3. The second kappa shape index (κ2) is 4.45. The number of amides is 1. The summed E-state index contributed by atoms with van der Waals surface area (Å²) < 4.78 is 0.831. The predicted molar refractivity (Wildman–Crippen MR) is 80.5 cm³/mol. The van der Waals surface area contributed by atoms with Gasteiger partial charge in [-0.15, -0.1) is 0 Å². The van der Waals surface area contributed by atoms with Crippen molar-refractivity contribution in [2.75, 3.05) is 12.4 Å². The fourth-order valence-corrected chi connectivity index (χ4v) is 4.89. The molecular formula is C15H18BrN3O. The maximum Gasteiger partial charge on any atom is 0.255 e. The molecule has 0 spiro atoms. The number of nitrogens with one attached hydrogen (secondary N) is 2. The Kier molecular flexibility index (Phi) is 2.81. The topological polar surface area (TPSA) is 54.0 Å². The monoisotopic (exact) mass is 335 g/mol. The molecule has 4 rings (SSSR count). The third-order valence-corrected chi connectivity index (χ3v) is 5.80. The summed E-state index contributed by atoms with van der Waals surface area (Å²) in [6, 6.07) is 2.25. The number of anilines is 1. The van der Waals surface area contributed by atoms with Gasteiger partial charge in [-0.3, -0.25) is 4.79 Å². The average Bonchev–Trinajstić information content (AvgIpc) is 2.84. The van der Waals surface area contributed by atoms with Crippen LogP contribution in [-0.2, 0) is 0 Å². The van der Waals surface area contributed by atoms with Crippen LogP contribution in [0.2, 0.25) is 0 Å². The van der Waals surface area contributed by atoms with E-state index in [1.165, 1.54) is 19.3 Å². The highest BCUT2D eigenvalue weighted by atomic mass is 79.9. The molecule has 3 aliphatic carbocycles. The smallest absolute Gasteiger partial charge is 0.255 e. The number of carbonyl (C=O) groups excluding carboxylic acids is 1. The first-order valence-corrected chi connectivity index (χ1v) is 8.12. The molecule has 0 aliphatic heterocycles. The summed E-state index contributed by atoms with van der Waals surface area (Å²) in [5.74, 6) is 3.91. The van der Waals surface area contributed by atoms with Crippen LogP contribution in [0.25, 0.3) is 0 Å². The highest BCUT2D eigenvalue weighted by molar-refractivity contribution is 9.10. The molecule has 4 unspecified atom stereocenters. The van der Waals surface area contributed by atoms with E-state index in [0.29, 0.717) is 17.4 Å². The number of nitrogens with zero attached hydrogens (tertiary/aromatic N) is 1. The van der Waals surface area contributed by atoms with Gasteiger partial charge in [0.05, 0.1) is 5.56 Å². The van der Waals surface area contributed by atoms with E-state index in [4.69, 9.17) is 0 Å². The van der Waals surface area contributed by atoms with Gasteiger partial charge in [-0.05, 0) is 64.9 Å². The van der Waals surface area contributed by atoms with Crippen molar-refractivity contribution in [1.29, 1.82) is 0 Å². The Hall–Kier alpha value is -1.10. The van der Waals surface area contributed by atoms with E-state index < -0.39 is 0 Å². The fraction of sp³-hybridized carbons (Fsp3) is 0.600. The quantitative estimate of drug-likeness (QED) is 0.892. The molecule has 0 saturated heterocycles. The van der Waals surface area contributed by atoms with Crippen molar-refractivity contribution in [1.82, 2.24) is 10.3 Å². The molecule has 20 heavy (non-hydrogen) atoms. The molecule has 2 N–H and O–H groups in total. The Morgan fingerprint density at radius 1 is 1.35 bits per heavy atom. The van der Waals surface area contributed by atoms with Crippen molar-refractivity contribution in [3.63, 3.8) is 0 Å². The molecule has 1 aromatic heterocycles. The van der Waals surface area contributed by atoms with Crippen LogP contribution in [0.5, 0.6) is 0 Å². The molecule has 2 bridgehead atoms. The van der Waals surface area contributed by atoms with Crippen LogP contribution < -0.4 is 10.6 Å². The molecule has 5 heteroatoms. The van der Waals surface area contributed by atoms with Gasteiger partial charge in [0.15, 0.2) is 0 Å². The minimum atomic E-state index is 0.00181. The van der Waals surface area contributed by atoms with Gasteiger partial charge in [0.25, 0.3) is 5.91 Å². The highest BCUT2D eigenvalue weighted by Gasteiger charge is 2.65. The minimum absolute atomic E-state index is 0.00181. The summed E-state index contributed by atoms with van der Waals surface area (Å²) in [5.41, 5.74) is 0.624. The molecule has 1 amide bonds. The number of fused-ring (bicyclic) bond motifs is 5. The maximum atomic E-state index is 12.5. The summed E-state index contributed by atoms with van der Waals surface area (Å²) in [6.45, 7) is 0. The van der Waals surface area contributed by atoms with Crippen molar-refractivity contribution in [3.8, 4) is 0 Å². The Morgan fingerprint density at radius 3 is 2.70 bits per heavy atom. The second-order valence-electron chi connectivity index (χ2n) is 6.29. The van der Waals surface area contributed by atoms with Crippen molar-refractivity contribution < 1.29 is 4.79 Å². The zero-order chi connectivity index (χ0) is 13.9. The molecular weight excluding hydrogens is 318 g/mol. The predicted octanol–water partition coefficient (Wildman–Crippen LogP) is 2.66. The number of hydrogen-bond donors (Lipinski definition) is 2. The Balaban J connectivity index is 1.50. The molecule has 3 aliphatic rings. The lowest BCUT2D eigenvalue weighted by atomic mass is 10.0. The van der Waals surface area contributed by atoms with Crippen LogP contribution >= 0.6 is 15.9 Å². The van der Waals surface area contributed by atoms with Gasteiger partial charge in [-0.1, -0.05) is 0 Å². The normalized spacial score (nSPS) is 36.6. The van der Waals surface area contributed by atoms with E-state index in [2.05, 4.69) is 31.5 Å². The van der Waals surface area contributed by atoms with Crippen LogP contribution in [0, 0.1) is 23.7 Å². The first-order valence-electron chi connectivity index (χ1n) is 7.33. The molecule has 3 fully saturated rings. The number of rotatable bonds is 3. The van der Waals surface area contributed by atoms with Gasteiger partial charge >= 0.3 is 0 Å². The van der Waals surface area contributed by atoms with Crippen molar-refractivity contribution in [2.45, 2.75) is 25.3 Å². The maximum absolute atomic E-state index is 12.5. The van der Waals surface area contributed by atoms with E-state index >= 15 is 0 Å². The van der Waals surface area contributed by atoms with Gasteiger partial charge in [-0.25, -0.2) is 4.98 Å². The lowest BCUT2D eigenvalue weighted by Gasteiger charge is -2.12. The van der Waals surface area contributed by atoms with Crippen molar-refractivity contribution in [2.24, 2.45) is 23.7 Å². The Labute approximate surface area is 126 Å². The minimum Gasteiger partial charge on any atom is -0.372 e. The van der Waals surface area contributed by atoms with Crippen LogP contribution in [0.1, 0.15) is 29.6 Å². The van der Waals surface area contributed by atoms with Gasteiger partial charge < -0.3 is 10.6 Å². The van der Waals surface area contributed by atoms with Crippen molar-refractivity contribution in [3.05, 3.63) is 22.3 Å². The molecule has 4 nitrogen and oxygen atoms in total. The van der Waals surface area contributed by atoms with E-state index in [0.717, 1.165) is 28.1 Å². The summed E-state index contributed by atoms with van der Waals surface area (Å²) in [4.78, 5) is 16.7. The van der Waals surface area contributed by atoms with E-state index in [9.17, 15) is 4.79 Å². The van der Waals surface area contributed by atoms with Gasteiger partial charge in [0, 0.05) is 23.8 Å². The van der Waals surface area contributed by atoms with Crippen LogP contribution in [0.15, 0.2) is 16.7 Å². The Bertz CT molecular complexity index is 560. The average molecular weight is 336 g/mol. The van der Waals surface area contributed by atoms with E-state index in [1.54, 1.807) is 13.2 Å². The molecule has 3 saturated carbocycles. The largest absolute Gasteiger partial charge is 0.372 e. The molecule has 1 aromatic rings. The van der Waals surface area contributed by atoms with Crippen LogP contribution in [-0.4, -0.2) is 24.0 Å². The van der Waals surface area contributed by atoms with Crippen LogP contribution in [0.3, 0.4) is 0 Å². The first-order chi connectivity index (χ1) is 9.69. The zero-order valence-corrected chi connectivity index (χ0v) is 13.0. The standard InChI is InChI=1S/C15H18BrN3O/c1-17-14-10(5-9(16)6-18-14)15(20)19-13-11-7-2-3-8(4-7)12(11)13/h5-8,11-13H,2-4H2,1H3,(H,17,18)(H,19,20). The fourth-order valence-electron chi connectivity index (χ4n) is 4.56. The second-order valence-corrected chi connectivity index (χ2v) is 7.20. The number of aromatic nitrogens is 1. The summed E-state index contributed by atoms with van der Waals surface area (Å²) in [5, 5.41) is 6.22. The Morgan fingerprint density at radius 2 is 2.05 bits per heavy atom. The molecule has 0 aromatic carbocycles. The third-order valence-electron chi connectivity index (χ3n) is 5.37. The number of carbonyl (C=O) groups is 1. The van der Waals surface area contributed by atoms with Gasteiger partial charge in [-0.2, -0.15) is 0 Å². The first kappa shape index (κ1) is 12.6. The molecule has 1 heterocycles. The van der Waals surface area contributed by atoms with Gasteiger partial charge in [0.1, 0.15) is 5.82 Å². The number of halogens is 1. The van der Waals surface area contributed by atoms with Crippen molar-refractivity contribution >= 4 is 27.7 Å². The zero-order valence-electron chi connectivity index (χ0n) is 11.4. The molecule has 4 atom stereocenters.